The number of rotatable bonds is 5. The molecule has 168 valence electrons. The van der Waals surface area contributed by atoms with Gasteiger partial charge in [0.05, 0.1) is 5.41 Å². The van der Waals surface area contributed by atoms with Crippen molar-refractivity contribution in [3.63, 3.8) is 0 Å². The minimum absolute atomic E-state index is 0.130. The Bertz CT molecular complexity index is 1010. The number of hydrogen-bond donors (Lipinski definition) is 5. The first-order valence-corrected chi connectivity index (χ1v) is 10.8. The van der Waals surface area contributed by atoms with E-state index in [1.165, 1.54) is 0 Å². The zero-order chi connectivity index (χ0) is 22.9. The van der Waals surface area contributed by atoms with Crippen LogP contribution < -0.4 is 27.3 Å². The molecule has 0 spiro atoms. The Labute approximate surface area is 187 Å². The first kappa shape index (κ1) is 21.9. The number of carbonyl (C=O) groups excluding carboxylic acids is 2. The van der Waals surface area contributed by atoms with Crippen LogP contribution in [0.5, 0.6) is 0 Å². The van der Waals surface area contributed by atoms with Gasteiger partial charge in [-0.05, 0) is 72.7 Å². The molecule has 0 saturated carbocycles. The van der Waals surface area contributed by atoms with Gasteiger partial charge in [-0.3, -0.25) is 9.59 Å². The molecule has 2 aromatic carbocycles. The second-order valence-electron chi connectivity index (χ2n) is 8.43. The third-order valence-corrected chi connectivity index (χ3v) is 6.35. The van der Waals surface area contributed by atoms with Crippen LogP contribution in [0.1, 0.15) is 56.3 Å². The zero-order valence-corrected chi connectivity index (χ0v) is 18.5. The summed E-state index contributed by atoms with van der Waals surface area (Å²) in [4.78, 5) is 24.6. The second kappa shape index (κ2) is 8.68. The SMILES string of the molecule is CNC(=O)c1ccc2c(c1)CCc1cc(C(=O)NC)ccc1C2(C[C@H](C)N)C1N=NNN1. The molecule has 0 bridgehead atoms. The molecular weight excluding hydrogens is 406 g/mol. The molecular formula is C23H29N7O2. The van der Waals surface area contributed by atoms with Gasteiger partial charge in [-0.2, -0.15) is 5.43 Å². The van der Waals surface area contributed by atoms with Crippen LogP contribution in [-0.2, 0) is 18.3 Å². The third kappa shape index (κ3) is 3.63. The summed E-state index contributed by atoms with van der Waals surface area (Å²) in [7, 11) is 3.25. The summed E-state index contributed by atoms with van der Waals surface area (Å²) in [5.74, 6) is -0.260. The van der Waals surface area contributed by atoms with Crippen LogP contribution in [0.2, 0.25) is 0 Å². The number of fused-ring (bicyclic) bond motifs is 2. The molecule has 2 atom stereocenters. The van der Waals surface area contributed by atoms with Gasteiger partial charge in [0.2, 0.25) is 0 Å². The molecule has 2 amide bonds. The number of amides is 2. The molecule has 9 nitrogen and oxygen atoms in total. The Morgan fingerprint density at radius 1 is 1.06 bits per heavy atom. The number of carbonyl (C=O) groups is 2. The highest BCUT2D eigenvalue weighted by molar-refractivity contribution is 5.95. The van der Waals surface area contributed by atoms with Crippen molar-refractivity contribution >= 4 is 11.8 Å². The first-order chi connectivity index (χ1) is 15.4. The van der Waals surface area contributed by atoms with Crippen molar-refractivity contribution in [3.05, 3.63) is 69.8 Å². The highest BCUT2D eigenvalue weighted by Crippen LogP contribution is 2.46. The average Bonchev–Trinajstić information content (AvgIpc) is 3.31. The van der Waals surface area contributed by atoms with E-state index in [0.29, 0.717) is 17.5 Å². The topological polar surface area (TPSA) is 133 Å². The van der Waals surface area contributed by atoms with E-state index in [-0.39, 0.29) is 17.9 Å². The van der Waals surface area contributed by atoms with E-state index in [1.54, 1.807) is 14.1 Å². The fraction of sp³-hybridized carbons (Fsp3) is 0.391. The maximum Gasteiger partial charge on any atom is 0.251 e. The summed E-state index contributed by atoms with van der Waals surface area (Å²) in [6.07, 6.45) is 1.65. The van der Waals surface area contributed by atoms with Crippen LogP contribution in [-0.4, -0.2) is 38.1 Å². The third-order valence-electron chi connectivity index (χ3n) is 6.35. The summed E-state index contributed by atoms with van der Waals surface area (Å²) < 4.78 is 0. The fourth-order valence-corrected chi connectivity index (χ4v) is 5.02. The molecule has 0 aromatic heterocycles. The number of nitrogens with one attached hydrogen (secondary N) is 4. The monoisotopic (exact) mass is 435 g/mol. The van der Waals surface area contributed by atoms with Crippen molar-refractivity contribution in [1.82, 2.24) is 21.6 Å². The highest BCUT2D eigenvalue weighted by atomic mass is 16.2. The van der Waals surface area contributed by atoms with E-state index in [2.05, 4.69) is 31.9 Å². The van der Waals surface area contributed by atoms with Crippen molar-refractivity contribution in [1.29, 1.82) is 0 Å². The molecule has 1 unspecified atom stereocenters. The summed E-state index contributed by atoms with van der Waals surface area (Å²) in [6, 6.07) is 11.5. The second-order valence-corrected chi connectivity index (χ2v) is 8.43. The predicted molar refractivity (Wildman–Crippen MR) is 121 cm³/mol. The minimum atomic E-state index is -0.634. The molecule has 2 aliphatic rings. The van der Waals surface area contributed by atoms with E-state index in [9.17, 15) is 9.59 Å². The standard InChI is InChI=1S/C23H29N7O2/c1-13(24)12-23(22-27-29-30-28-22)18-8-6-16(20(31)25-2)10-14(18)4-5-15-11-17(21(32)26-3)7-9-19(15)23/h6-11,13,22H,4-5,12,24H2,1-3H3,(H,25,31)(H,26,32)(H,27,30)(H,28,29)/t13-/m0/s1. The molecule has 32 heavy (non-hydrogen) atoms. The van der Waals surface area contributed by atoms with Gasteiger partial charge < -0.3 is 16.4 Å². The lowest BCUT2D eigenvalue weighted by Gasteiger charge is -2.40. The zero-order valence-electron chi connectivity index (χ0n) is 18.5. The largest absolute Gasteiger partial charge is 0.355 e. The minimum Gasteiger partial charge on any atom is -0.355 e. The molecule has 0 saturated heterocycles. The number of nitrogens with two attached hydrogens (primary N) is 1. The van der Waals surface area contributed by atoms with Gasteiger partial charge in [-0.15, -0.1) is 5.11 Å². The molecule has 1 aliphatic carbocycles. The van der Waals surface area contributed by atoms with Crippen LogP contribution in [0.25, 0.3) is 0 Å². The molecule has 6 N–H and O–H groups in total. The van der Waals surface area contributed by atoms with Crippen LogP contribution in [0.15, 0.2) is 46.7 Å². The Morgan fingerprint density at radius 3 is 2.00 bits per heavy atom. The summed E-state index contributed by atoms with van der Waals surface area (Å²) >= 11 is 0. The normalized spacial score (nSPS) is 19.2. The van der Waals surface area contributed by atoms with E-state index >= 15 is 0 Å². The van der Waals surface area contributed by atoms with Gasteiger partial charge in [-0.1, -0.05) is 17.4 Å². The quantitative estimate of drug-likeness (QED) is 0.483. The van der Waals surface area contributed by atoms with Crippen molar-refractivity contribution in [2.75, 3.05) is 14.1 Å². The van der Waals surface area contributed by atoms with E-state index < -0.39 is 11.6 Å². The van der Waals surface area contributed by atoms with Crippen LogP contribution >= 0.6 is 0 Å². The van der Waals surface area contributed by atoms with E-state index in [0.717, 1.165) is 35.1 Å². The molecule has 1 heterocycles. The van der Waals surface area contributed by atoms with Crippen molar-refractivity contribution in [2.24, 2.45) is 16.1 Å². The number of hydrazine groups is 1. The lowest BCUT2D eigenvalue weighted by atomic mass is 9.66. The van der Waals surface area contributed by atoms with Gasteiger partial charge in [0.15, 0.2) is 6.17 Å². The number of aryl methyl sites for hydroxylation is 2. The van der Waals surface area contributed by atoms with Gasteiger partial charge in [-0.25, -0.2) is 5.53 Å². The predicted octanol–water partition coefficient (Wildman–Crippen LogP) is 1.33. The maximum absolute atomic E-state index is 12.3. The highest BCUT2D eigenvalue weighted by Gasteiger charge is 2.48. The maximum atomic E-state index is 12.3. The molecule has 0 radical (unpaired) electrons. The summed E-state index contributed by atoms with van der Waals surface area (Å²) in [5.41, 5.74) is 17.2. The molecule has 9 heteroatoms. The lowest BCUT2D eigenvalue weighted by molar-refractivity contribution is 0.0955. The Morgan fingerprint density at radius 2 is 1.59 bits per heavy atom. The van der Waals surface area contributed by atoms with Crippen LogP contribution in [0, 0.1) is 0 Å². The van der Waals surface area contributed by atoms with E-state index in [1.807, 2.05) is 43.3 Å². The molecule has 1 aliphatic heterocycles. The fourth-order valence-electron chi connectivity index (χ4n) is 5.02. The Kier molecular flexibility index (Phi) is 5.94. The van der Waals surface area contributed by atoms with Crippen molar-refractivity contribution in [2.45, 2.75) is 43.8 Å². The number of hydrogen-bond acceptors (Lipinski definition) is 7. The van der Waals surface area contributed by atoms with Gasteiger partial charge in [0.1, 0.15) is 0 Å². The Hall–Kier alpha value is -3.30. The van der Waals surface area contributed by atoms with Crippen LogP contribution in [0.3, 0.4) is 0 Å². The van der Waals surface area contributed by atoms with Gasteiger partial charge in [0.25, 0.3) is 11.8 Å². The smallest absolute Gasteiger partial charge is 0.251 e. The van der Waals surface area contributed by atoms with E-state index in [4.69, 9.17) is 5.73 Å². The van der Waals surface area contributed by atoms with Crippen LogP contribution in [0.4, 0.5) is 0 Å². The molecule has 4 rings (SSSR count). The number of nitrogens with zero attached hydrogens (tertiary/aromatic N) is 2. The van der Waals surface area contributed by atoms with Gasteiger partial charge in [0, 0.05) is 31.3 Å². The van der Waals surface area contributed by atoms with Crippen molar-refractivity contribution in [3.8, 4) is 0 Å². The molecule has 2 aromatic rings. The Balaban J connectivity index is 1.98. The summed E-state index contributed by atoms with van der Waals surface area (Å²) in [6.45, 7) is 1.98. The summed E-state index contributed by atoms with van der Waals surface area (Å²) in [5, 5.41) is 13.8. The number of benzene rings is 2. The van der Waals surface area contributed by atoms with Gasteiger partial charge >= 0.3 is 0 Å². The lowest BCUT2D eigenvalue weighted by Crippen LogP contribution is -2.51. The molecule has 0 fully saturated rings. The average molecular weight is 436 g/mol. The van der Waals surface area contributed by atoms with Crippen molar-refractivity contribution < 1.29 is 9.59 Å². The first-order valence-electron chi connectivity index (χ1n) is 10.8.